The largest absolute Gasteiger partial charge is 0.504 e. The van der Waals surface area contributed by atoms with E-state index in [1.165, 1.54) is 55.7 Å². The van der Waals surface area contributed by atoms with Crippen molar-refractivity contribution in [1.29, 1.82) is 0 Å². The van der Waals surface area contributed by atoms with E-state index >= 15 is 0 Å². The number of benzene rings is 2. The summed E-state index contributed by atoms with van der Waals surface area (Å²) in [6.07, 6.45) is -14.5. The standard InChI is InChI=1S/C33H40O16/c1-46-21-10-15(4-8-19(21)38)2-6-17(36)12-18(37)7-3-16-5-9-20(39)22(11-16)47-33(31-29(44)27(42)25(40)23(13-34)48-31)32-30(45)28(43)26(41)24(14-35)49-32/h2-11,23-35,38-45H,12-14H2,1H3/b6-2+,7-3+/t23-,24-,25-,26-,27+,28+,29-,30-,31?,32?,33?/m1/s1. The van der Waals surface area contributed by atoms with Gasteiger partial charge in [0.2, 0.25) is 0 Å². The van der Waals surface area contributed by atoms with E-state index in [0.717, 1.165) is 6.08 Å². The number of aromatic hydroxyl groups is 2. The Morgan fingerprint density at radius 1 is 0.694 bits per heavy atom. The van der Waals surface area contributed by atoms with Crippen LogP contribution in [0.5, 0.6) is 23.0 Å². The molecule has 2 saturated heterocycles. The fourth-order valence-corrected chi connectivity index (χ4v) is 5.47. The van der Waals surface area contributed by atoms with Crippen LogP contribution in [0.15, 0.2) is 48.6 Å². The molecule has 2 aliphatic heterocycles. The third-order valence-corrected chi connectivity index (χ3v) is 8.23. The number of methoxy groups -OCH3 is 1. The van der Waals surface area contributed by atoms with Crippen LogP contribution in [0.3, 0.4) is 0 Å². The molecule has 2 aromatic rings. The fraction of sp³-hybridized carbons (Fsp3) is 0.455. The normalized spacial score (nSPS) is 31.1. The van der Waals surface area contributed by atoms with E-state index < -0.39 is 104 Å². The molecule has 268 valence electrons. The third kappa shape index (κ3) is 8.81. The van der Waals surface area contributed by atoms with Crippen LogP contribution in [0.4, 0.5) is 0 Å². The maximum atomic E-state index is 12.5. The van der Waals surface area contributed by atoms with Gasteiger partial charge >= 0.3 is 0 Å². The highest BCUT2D eigenvalue weighted by atomic mass is 16.6. The van der Waals surface area contributed by atoms with Crippen LogP contribution in [0, 0.1) is 0 Å². The van der Waals surface area contributed by atoms with E-state index in [2.05, 4.69) is 0 Å². The molecular weight excluding hydrogens is 652 g/mol. The van der Waals surface area contributed by atoms with Crippen LogP contribution in [-0.2, 0) is 19.1 Å². The molecule has 2 aromatic carbocycles. The van der Waals surface area contributed by atoms with E-state index in [0.29, 0.717) is 5.56 Å². The minimum atomic E-state index is -1.93. The molecule has 16 heteroatoms. The number of hydrogen-bond donors (Lipinski definition) is 10. The molecule has 2 aliphatic rings. The lowest BCUT2D eigenvalue weighted by atomic mass is 9.85. The average molecular weight is 693 g/mol. The van der Waals surface area contributed by atoms with Crippen LogP contribution in [-0.4, -0.2) is 150 Å². The van der Waals surface area contributed by atoms with Gasteiger partial charge < -0.3 is 70.0 Å². The summed E-state index contributed by atoms with van der Waals surface area (Å²) < 4.78 is 22.2. The summed E-state index contributed by atoms with van der Waals surface area (Å²) in [6.45, 7) is -1.63. The van der Waals surface area contributed by atoms with E-state index in [4.69, 9.17) is 18.9 Å². The van der Waals surface area contributed by atoms with Gasteiger partial charge in [-0.25, -0.2) is 0 Å². The van der Waals surface area contributed by atoms with E-state index in [9.17, 15) is 60.7 Å². The SMILES string of the molecule is COc1cc(/C=C/C(=O)CC(=O)/C=C/c2ccc(O)c(OC(C3O[C@H](CO)[C@@H](O)[C@H](O)[C@H]3O)C3O[C@H](CO)[C@@H](O)[C@H](O)[C@H]3O)c2)ccc1O. The number of phenolic OH excluding ortho intramolecular Hbond substituents is 2. The lowest BCUT2D eigenvalue weighted by Crippen LogP contribution is -2.69. The summed E-state index contributed by atoms with van der Waals surface area (Å²) >= 11 is 0. The van der Waals surface area contributed by atoms with Crippen LogP contribution >= 0.6 is 0 Å². The third-order valence-electron chi connectivity index (χ3n) is 8.23. The highest BCUT2D eigenvalue weighted by Gasteiger charge is 2.55. The Kier molecular flexibility index (Phi) is 12.9. The predicted molar refractivity (Wildman–Crippen MR) is 167 cm³/mol. The minimum Gasteiger partial charge on any atom is -0.504 e. The van der Waals surface area contributed by atoms with Crippen molar-refractivity contribution < 1.29 is 79.6 Å². The topological polar surface area (TPSA) is 273 Å². The molecule has 4 rings (SSSR count). The first-order chi connectivity index (χ1) is 23.3. The van der Waals surface area contributed by atoms with E-state index in [1.807, 2.05) is 0 Å². The number of carbonyl (C=O) groups excluding carboxylic acids is 2. The summed E-state index contributed by atoms with van der Waals surface area (Å²) in [5.74, 6) is -1.79. The van der Waals surface area contributed by atoms with Crippen molar-refractivity contribution in [3.05, 3.63) is 59.7 Å². The average Bonchev–Trinajstić information content (AvgIpc) is 3.09. The number of hydrogen-bond acceptors (Lipinski definition) is 16. The molecule has 16 nitrogen and oxygen atoms in total. The second-order valence-corrected chi connectivity index (χ2v) is 11.6. The second kappa shape index (κ2) is 16.6. The van der Waals surface area contributed by atoms with Gasteiger partial charge in [0.05, 0.1) is 26.7 Å². The molecule has 2 fully saturated rings. The molecule has 2 unspecified atom stereocenters. The second-order valence-electron chi connectivity index (χ2n) is 11.6. The van der Waals surface area contributed by atoms with Gasteiger partial charge in [0, 0.05) is 0 Å². The van der Waals surface area contributed by atoms with Crippen molar-refractivity contribution in [2.45, 2.75) is 73.6 Å². The molecule has 0 radical (unpaired) electrons. The smallest absolute Gasteiger partial charge is 0.163 e. The molecular formula is C33H40O16. The predicted octanol–water partition coefficient (Wildman–Crippen LogP) is -2.21. The number of aliphatic hydroxyl groups excluding tert-OH is 8. The highest BCUT2D eigenvalue weighted by Crippen LogP contribution is 2.36. The molecule has 0 saturated carbocycles. The van der Waals surface area contributed by atoms with Crippen LogP contribution in [0.2, 0.25) is 0 Å². The zero-order valence-electron chi connectivity index (χ0n) is 26.2. The van der Waals surface area contributed by atoms with Crippen molar-refractivity contribution in [2.24, 2.45) is 0 Å². The summed E-state index contributed by atoms with van der Waals surface area (Å²) in [6, 6.07) is 8.25. The maximum Gasteiger partial charge on any atom is 0.163 e. The van der Waals surface area contributed by atoms with Crippen molar-refractivity contribution in [3.63, 3.8) is 0 Å². The first-order valence-electron chi connectivity index (χ1n) is 15.2. The van der Waals surface area contributed by atoms with Gasteiger partial charge in [0.15, 0.2) is 40.7 Å². The van der Waals surface area contributed by atoms with E-state index in [1.54, 1.807) is 6.07 Å². The van der Waals surface area contributed by atoms with Gasteiger partial charge in [-0.1, -0.05) is 24.3 Å². The Labute approximate surface area is 279 Å². The summed E-state index contributed by atoms with van der Waals surface area (Å²) in [5.41, 5.74) is 0.815. The molecule has 0 spiro atoms. The lowest BCUT2D eigenvalue weighted by molar-refractivity contribution is -0.288. The number of aliphatic hydroxyl groups is 8. The first kappa shape index (κ1) is 37.9. The van der Waals surface area contributed by atoms with Crippen molar-refractivity contribution in [1.82, 2.24) is 0 Å². The van der Waals surface area contributed by atoms with Crippen molar-refractivity contribution >= 4 is 23.7 Å². The Hall–Kier alpha value is -3.94. The minimum absolute atomic E-state index is 0.0765. The molecule has 10 atom stereocenters. The number of ketones is 2. The van der Waals surface area contributed by atoms with Crippen molar-refractivity contribution in [3.8, 4) is 23.0 Å². The molecule has 0 aliphatic carbocycles. The van der Waals surface area contributed by atoms with E-state index in [-0.39, 0.29) is 22.8 Å². The number of rotatable bonds is 13. The van der Waals surface area contributed by atoms with Gasteiger partial charge in [-0.15, -0.1) is 0 Å². The lowest BCUT2D eigenvalue weighted by Gasteiger charge is -2.48. The number of phenols is 2. The molecule has 10 N–H and O–H groups in total. The molecule has 49 heavy (non-hydrogen) atoms. The Morgan fingerprint density at radius 3 is 1.55 bits per heavy atom. The quantitative estimate of drug-likeness (QED) is 0.0787. The first-order valence-corrected chi connectivity index (χ1v) is 15.2. The van der Waals surface area contributed by atoms with Crippen LogP contribution in [0.25, 0.3) is 12.2 Å². The van der Waals surface area contributed by atoms with Gasteiger partial charge in [-0.05, 0) is 47.5 Å². The van der Waals surface area contributed by atoms with Gasteiger partial charge in [0.1, 0.15) is 61.0 Å². The molecule has 0 aromatic heterocycles. The fourth-order valence-electron chi connectivity index (χ4n) is 5.47. The Balaban J connectivity index is 1.55. The van der Waals surface area contributed by atoms with Gasteiger partial charge in [-0.2, -0.15) is 0 Å². The Bertz CT molecular complexity index is 1470. The van der Waals surface area contributed by atoms with Crippen LogP contribution in [0.1, 0.15) is 17.5 Å². The Morgan fingerprint density at radius 2 is 1.12 bits per heavy atom. The monoisotopic (exact) mass is 692 g/mol. The van der Waals surface area contributed by atoms with Gasteiger partial charge in [0.25, 0.3) is 0 Å². The number of carbonyl (C=O) groups is 2. The summed E-state index contributed by atoms with van der Waals surface area (Å²) in [7, 11) is 1.38. The van der Waals surface area contributed by atoms with Crippen molar-refractivity contribution in [2.75, 3.05) is 20.3 Å². The van der Waals surface area contributed by atoms with Gasteiger partial charge in [-0.3, -0.25) is 9.59 Å². The summed E-state index contributed by atoms with van der Waals surface area (Å²) in [5, 5.41) is 103. The number of allylic oxidation sites excluding steroid dienone is 2. The zero-order valence-corrected chi connectivity index (χ0v) is 26.2. The summed E-state index contributed by atoms with van der Waals surface area (Å²) in [4.78, 5) is 24.9. The zero-order chi connectivity index (χ0) is 36.0. The maximum absolute atomic E-state index is 12.5. The molecule has 0 amide bonds. The molecule has 0 bridgehead atoms. The highest BCUT2D eigenvalue weighted by molar-refractivity contribution is 6.10. The number of ether oxygens (including phenoxy) is 4. The molecule has 2 heterocycles. The van der Waals surface area contributed by atoms with Crippen LogP contribution < -0.4 is 9.47 Å².